The first kappa shape index (κ1) is 13.9. The van der Waals surface area contributed by atoms with Crippen molar-refractivity contribution in [2.45, 2.75) is 6.42 Å². The van der Waals surface area contributed by atoms with Crippen LogP contribution in [0, 0.1) is 0 Å². The molecule has 0 aliphatic heterocycles. The maximum absolute atomic E-state index is 12.2. The Kier molecular flexibility index (Phi) is 4.46. The molecule has 2 rings (SSSR count). The minimum atomic E-state index is -0.00256. The zero-order valence-corrected chi connectivity index (χ0v) is 11.8. The van der Waals surface area contributed by atoms with Crippen LogP contribution in [0.25, 0.3) is 0 Å². The van der Waals surface area contributed by atoms with Gasteiger partial charge in [-0.05, 0) is 35.9 Å². The number of methoxy groups -OCH3 is 1. The Morgan fingerprint density at radius 1 is 1.16 bits per heavy atom. The van der Waals surface area contributed by atoms with Gasteiger partial charge < -0.3 is 4.74 Å². The first-order valence-corrected chi connectivity index (χ1v) is 6.47. The van der Waals surface area contributed by atoms with Gasteiger partial charge in [0.25, 0.3) is 0 Å². The molecule has 0 spiro atoms. The van der Waals surface area contributed by atoms with E-state index in [0.29, 0.717) is 27.8 Å². The van der Waals surface area contributed by atoms with Gasteiger partial charge in [-0.2, -0.15) is 0 Å². The monoisotopic (exact) mass is 294 g/mol. The average molecular weight is 295 g/mol. The van der Waals surface area contributed by atoms with E-state index in [1.54, 1.807) is 30.3 Å². The molecule has 0 aliphatic rings. The number of hydrogen-bond donors (Lipinski definition) is 0. The number of rotatable bonds is 4. The Morgan fingerprint density at radius 2 is 1.95 bits per heavy atom. The number of ketones is 1. The van der Waals surface area contributed by atoms with Crippen LogP contribution in [-0.4, -0.2) is 12.9 Å². The molecular formula is C15H12Cl2O2. The number of hydrogen-bond acceptors (Lipinski definition) is 2. The lowest BCUT2D eigenvalue weighted by molar-refractivity contribution is 0.0992. The van der Waals surface area contributed by atoms with E-state index >= 15 is 0 Å². The zero-order chi connectivity index (χ0) is 13.8. The molecule has 0 aliphatic carbocycles. The molecule has 98 valence electrons. The average Bonchev–Trinajstić information content (AvgIpc) is 2.39. The second-order valence-electron chi connectivity index (χ2n) is 4.08. The van der Waals surface area contributed by atoms with Crippen molar-refractivity contribution in [1.82, 2.24) is 0 Å². The van der Waals surface area contributed by atoms with Crippen molar-refractivity contribution in [3.05, 3.63) is 63.6 Å². The van der Waals surface area contributed by atoms with Gasteiger partial charge in [0.2, 0.25) is 0 Å². The molecule has 0 bridgehead atoms. The fourth-order valence-electron chi connectivity index (χ4n) is 1.77. The number of Topliss-reactive ketones (excluding diaryl/α,β-unsaturated/α-hetero) is 1. The number of ether oxygens (including phenoxy) is 1. The van der Waals surface area contributed by atoms with Crippen molar-refractivity contribution >= 4 is 29.0 Å². The van der Waals surface area contributed by atoms with Crippen LogP contribution in [0.2, 0.25) is 10.0 Å². The summed E-state index contributed by atoms with van der Waals surface area (Å²) in [5.41, 5.74) is 1.45. The minimum Gasteiger partial charge on any atom is -0.495 e. The van der Waals surface area contributed by atoms with Gasteiger partial charge in [-0.1, -0.05) is 35.3 Å². The highest BCUT2D eigenvalue weighted by Crippen LogP contribution is 2.25. The molecule has 0 atom stereocenters. The number of benzene rings is 2. The van der Waals surface area contributed by atoms with Gasteiger partial charge >= 0.3 is 0 Å². The molecule has 4 heteroatoms. The number of carbonyl (C=O) groups is 1. The molecule has 0 saturated heterocycles. The number of halogens is 2. The first-order valence-electron chi connectivity index (χ1n) is 5.71. The molecule has 0 fully saturated rings. The fraction of sp³-hybridized carbons (Fsp3) is 0.133. The van der Waals surface area contributed by atoms with E-state index in [1.807, 2.05) is 12.1 Å². The summed E-state index contributed by atoms with van der Waals surface area (Å²) in [7, 11) is 1.52. The zero-order valence-electron chi connectivity index (χ0n) is 10.3. The van der Waals surface area contributed by atoms with E-state index in [9.17, 15) is 4.79 Å². The lowest BCUT2D eigenvalue weighted by atomic mass is 10.0. The molecule has 0 N–H and O–H groups in total. The Morgan fingerprint density at radius 3 is 2.63 bits per heavy atom. The van der Waals surface area contributed by atoms with Gasteiger partial charge in [-0.3, -0.25) is 4.79 Å². The molecule has 2 aromatic rings. The van der Waals surface area contributed by atoms with Crippen molar-refractivity contribution < 1.29 is 9.53 Å². The highest BCUT2D eigenvalue weighted by molar-refractivity contribution is 6.32. The Hall–Kier alpha value is -1.51. The van der Waals surface area contributed by atoms with Crippen LogP contribution < -0.4 is 4.74 Å². The summed E-state index contributed by atoms with van der Waals surface area (Å²) in [6.07, 6.45) is 0.297. The van der Waals surface area contributed by atoms with Gasteiger partial charge in [-0.25, -0.2) is 0 Å². The van der Waals surface area contributed by atoms with Crippen LogP contribution in [0.4, 0.5) is 0 Å². The summed E-state index contributed by atoms with van der Waals surface area (Å²) < 4.78 is 5.10. The minimum absolute atomic E-state index is 0.00256. The molecule has 19 heavy (non-hydrogen) atoms. The van der Waals surface area contributed by atoms with Crippen LogP contribution in [0.15, 0.2) is 42.5 Å². The molecule has 0 radical (unpaired) electrons. The van der Waals surface area contributed by atoms with Crippen LogP contribution in [0.5, 0.6) is 5.75 Å². The normalized spacial score (nSPS) is 10.3. The van der Waals surface area contributed by atoms with E-state index in [1.165, 1.54) is 7.11 Å². The summed E-state index contributed by atoms with van der Waals surface area (Å²) in [5.74, 6) is 0.496. The Labute approximate surface area is 121 Å². The molecule has 0 heterocycles. The third-order valence-corrected chi connectivity index (χ3v) is 3.27. The quantitative estimate of drug-likeness (QED) is 0.780. The van der Waals surface area contributed by atoms with E-state index in [0.717, 1.165) is 5.56 Å². The van der Waals surface area contributed by atoms with E-state index < -0.39 is 0 Å². The van der Waals surface area contributed by atoms with Crippen molar-refractivity contribution in [3.8, 4) is 5.75 Å². The first-order chi connectivity index (χ1) is 9.10. The summed E-state index contributed by atoms with van der Waals surface area (Å²) in [6, 6.07) is 12.3. The highest BCUT2D eigenvalue weighted by atomic mass is 35.5. The van der Waals surface area contributed by atoms with E-state index in [4.69, 9.17) is 27.9 Å². The molecule has 2 nitrogen and oxygen atoms in total. The van der Waals surface area contributed by atoms with Gasteiger partial charge in [0.05, 0.1) is 12.1 Å². The van der Waals surface area contributed by atoms with Crippen molar-refractivity contribution in [3.63, 3.8) is 0 Å². The number of carbonyl (C=O) groups excluding carboxylic acids is 1. The maximum atomic E-state index is 12.2. The second-order valence-corrected chi connectivity index (χ2v) is 4.92. The van der Waals surface area contributed by atoms with Crippen molar-refractivity contribution in [1.29, 1.82) is 0 Å². The van der Waals surface area contributed by atoms with E-state index in [2.05, 4.69) is 0 Å². The largest absolute Gasteiger partial charge is 0.495 e. The molecular weight excluding hydrogens is 283 g/mol. The van der Waals surface area contributed by atoms with Gasteiger partial charge in [0.1, 0.15) is 5.75 Å². The Bertz CT molecular complexity index is 609. The van der Waals surface area contributed by atoms with Crippen LogP contribution in [-0.2, 0) is 6.42 Å². The highest BCUT2D eigenvalue weighted by Gasteiger charge is 2.10. The molecule has 0 saturated carbocycles. The van der Waals surface area contributed by atoms with Gasteiger partial charge in [0, 0.05) is 17.0 Å². The Balaban J connectivity index is 2.20. The molecule has 2 aromatic carbocycles. The molecule has 0 unspecified atom stereocenters. The van der Waals surface area contributed by atoms with E-state index in [-0.39, 0.29) is 5.78 Å². The van der Waals surface area contributed by atoms with Crippen LogP contribution in [0.1, 0.15) is 15.9 Å². The van der Waals surface area contributed by atoms with Crippen molar-refractivity contribution in [2.75, 3.05) is 7.11 Å². The summed E-state index contributed by atoms with van der Waals surface area (Å²) in [5, 5.41) is 1.11. The lowest BCUT2D eigenvalue weighted by Gasteiger charge is -2.06. The van der Waals surface area contributed by atoms with Crippen molar-refractivity contribution in [2.24, 2.45) is 0 Å². The summed E-state index contributed by atoms with van der Waals surface area (Å²) >= 11 is 11.8. The second kappa shape index (κ2) is 6.09. The SMILES string of the molecule is COc1cc(C(=O)Cc2cccc(Cl)c2)ccc1Cl. The predicted molar refractivity (Wildman–Crippen MR) is 77.5 cm³/mol. The molecule has 0 aromatic heterocycles. The smallest absolute Gasteiger partial charge is 0.167 e. The van der Waals surface area contributed by atoms with Crippen LogP contribution in [0.3, 0.4) is 0 Å². The van der Waals surface area contributed by atoms with Crippen LogP contribution >= 0.6 is 23.2 Å². The third-order valence-electron chi connectivity index (χ3n) is 2.73. The van der Waals surface area contributed by atoms with Gasteiger partial charge in [0.15, 0.2) is 5.78 Å². The lowest BCUT2D eigenvalue weighted by Crippen LogP contribution is -2.04. The topological polar surface area (TPSA) is 26.3 Å². The summed E-state index contributed by atoms with van der Waals surface area (Å²) in [6.45, 7) is 0. The third kappa shape index (κ3) is 3.49. The summed E-state index contributed by atoms with van der Waals surface area (Å²) in [4.78, 5) is 12.2. The maximum Gasteiger partial charge on any atom is 0.167 e. The van der Waals surface area contributed by atoms with Gasteiger partial charge in [-0.15, -0.1) is 0 Å². The molecule has 0 amide bonds. The fourth-order valence-corrected chi connectivity index (χ4v) is 2.18. The standard InChI is InChI=1S/C15H12Cl2O2/c1-19-15-9-11(5-6-13(15)17)14(18)8-10-3-2-4-12(16)7-10/h2-7,9H,8H2,1H3. The predicted octanol–water partition coefficient (Wildman–Crippen LogP) is 4.43.